The Balaban J connectivity index is 2.00. The molecule has 1 heterocycles. The first-order chi connectivity index (χ1) is 18.0. The summed E-state index contributed by atoms with van der Waals surface area (Å²) in [5.41, 5.74) is -0.891. The van der Waals surface area contributed by atoms with E-state index in [0.29, 0.717) is 15.6 Å². The van der Waals surface area contributed by atoms with Gasteiger partial charge in [-0.05, 0) is 55.7 Å². The van der Waals surface area contributed by atoms with Gasteiger partial charge in [-0.1, -0.05) is 44.0 Å². The number of hydrogen-bond donors (Lipinski definition) is 1. The summed E-state index contributed by atoms with van der Waals surface area (Å²) >= 11 is 12.9. The van der Waals surface area contributed by atoms with Gasteiger partial charge >= 0.3 is 12.1 Å². The molecular weight excluding hydrogens is 558 g/mol. The van der Waals surface area contributed by atoms with E-state index in [9.17, 15) is 27.9 Å². The zero-order chi connectivity index (χ0) is 29.3. The minimum absolute atomic E-state index is 0.0959. The number of rotatable bonds is 8. The zero-order valence-electron chi connectivity index (χ0n) is 22.6. The number of aryl methyl sites for hydroxylation is 1. The van der Waals surface area contributed by atoms with Gasteiger partial charge in [-0.3, -0.25) is 14.3 Å². The normalized spacial score (nSPS) is 19.1. The smallest absolute Gasteiger partial charge is 0.433 e. The Hall–Kier alpha value is -2.30. The molecule has 3 rings (SSSR count). The monoisotopic (exact) mass is 591 g/mol. The predicted octanol–water partition coefficient (Wildman–Crippen LogP) is 7.21. The van der Waals surface area contributed by atoms with Gasteiger partial charge in [0.25, 0.3) is 5.91 Å². The molecule has 39 heavy (non-hydrogen) atoms. The molecule has 2 aromatic rings. The molecule has 1 saturated carbocycles. The maximum absolute atomic E-state index is 14.4. The Morgan fingerprint density at radius 3 is 2.18 bits per heavy atom. The van der Waals surface area contributed by atoms with Gasteiger partial charge in [-0.15, -0.1) is 0 Å². The molecule has 0 spiro atoms. The number of hydrogen-bond acceptors (Lipinski definition) is 4. The number of alkyl halides is 3. The Labute approximate surface area is 236 Å². The highest BCUT2D eigenvalue weighted by Crippen LogP contribution is 2.40. The Morgan fingerprint density at radius 1 is 1.15 bits per heavy atom. The quantitative estimate of drug-likeness (QED) is 0.350. The molecule has 12 heteroatoms. The molecule has 1 fully saturated rings. The van der Waals surface area contributed by atoms with E-state index < -0.39 is 52.8 Å². The summed E-state index contributed by atoms with van der Waals surface area (Å²) in [7, 11) is 1.42. The minimum atomic E-state index is -4.86. The number of carbonyl (C=O) groups excluding carboxylic acids is 1. The average Bonchev–Trinajstić information content (AvgIpc) is 3.27. The topological polar surface area (TPSA) is 84.7 Å². The maximum Gasteiger partial charge on any atom is 0.433 e. The fraction of sp³-hybridized carbons (Fsp3) is 0.593. The van der Waals surface area contributed by atoms with Crippen molar-refractivity contribution < 1.29 is 32.6 Å². The van der Waals surface area contributed by atoms with Crippen molar-refractivity contribution in [2.75, 3.05) is 20.2 Å². The van der Waals surface area contributed by atoms with Gasteiger partial charge in [0.2, 0.25) is 0 Å². The number of aromatic nitrogens is 2. The molecular formula is C27H34Cl2F3N3O4. The molecule has 7 nitrogen and oxygen atoms in total. The van der Waals surface area contributed by atoms with Crippen molar-refractivity contribution >= 4 is 35.1 Å². The first-order valence-corrected chi connectivity index (χ1v) is 13.4. The van der Waals surface area contributed by atoms with Crippen LogP contribution in [0.3, 0.4) is 0 Å². The van der Waals surface area contributed by atoms with Gasteiger partial charge in [0.05, 0.1) is 30.3 Å². The van der Waals surface area contributed by atoms with Crippen molar-refractivity contribution in [1.82, 2.24) is 14.7 Å². The standard InChI is InChI=1S/C27H34Cl2F3N3O4/c1-15-10-19(28)22(20(29)11-15)21(39-5)13-34(14-26(2,3)4)24(36)18-12-33-35(23(18)27(30,31)32)17-8-6-16(7-9-17)25(37)38/h10-12,16-17,21H,6-9,13-14H2,1-5H3,(H,37,38)/t16-,17-,21-/m0/s1. The highest BCUT2D eigenvalue weighted by atomic mass is 35.5. The maximum atomic E-state index is 14.4. The van der Waals surface area contributed by atoms with Crippen LogP contribution in [0.1, 0.15) is 85.8 Å². The lowest BCUT2D eigenvalue weighted by atomic mass is 9.86. The number of amides is 1. The van der Waals surface area contributed by atoms with E-state index in [4.69, 9.17) is 27.9 Å². The Kier molecular flexibility index (Phi) is 9.66. The number of ether oxygens (including phenoxy) is 1. The summed E-state index contributed by atoms with van der Waals surface area (Å²) in [6.07, 6.45) is -3.78. The van der Waals surface area contributed by atoms with Crippen LogP contribution in [0.5, 0.6) is 0 Å². The predicted molar refractivity (Wildman–Crippen MR) is 142 cm³/mol. The molecule has 0 radical (unpaired) electrons. The van der Waals surface area contributed by atoms with Gasteiger partial charge in [0.1, 0.15) is 6.10 Å². The molecule has 1 aliphatic rings. The van der Waals surface area contributed by atoms with Crippen molar-refractivity contribution in [3.05, 3.63) is 50.8 Å². The third-order valence-electron chi connectivity index (χ3n) is 6.85. The van der Waals surface area contributed by atoms with Crippen molar-refractivity contribution in [1.29, 1.82) is 0 Å². The van der Waals surface area contributed by atoms with Crippen molar-refractivity contribution in [3.8, 4) is 0 Å². The molecule has 0 saturated heterocycles. The summed E-state index contributed by atoms with van der Waals surface area (Å²) in [4.78, 5) is 26.4. The van der Waals surface area contributed by atoms with Crippen LogP contribution in [0.4, 0.5) is 13.2 Å². The average molecular weight is 592 g/mol. The Morgan fingerprint density at radius 2 is 1.72 bits per heavy atom. The van der Waals surface area contributed by atoms with Crippen LogP contribution in [0.25, 0.3) is 0 Å². The first-order valence-electron chi connectivity index (χ1n) is 12.7. The van der Waals surface area contributed by atoms with Crippen molar-refractivity contribution in [2.24, 2.45) is 11.3 Å². The van der Waals surface area contributed by atoms with Crippen LogP contribution >= 0.6 is 23.2 Å². The van der Waals surface area contributed by atoms with Crippen LogP contribution in [0.2, 0.25) is 10.0 Å². The van der Waals surface area contributed by atoms with Crippen LogP contribution in [-0.4, -0.2) is 51.9 Å². The fourth-order valence-corrected chi connectivity index (χ4v) is 5.95. The summed E-state index contributed by atoms with van der Waals surface area (Å²) in [5, 5.41) is 13.9. The highest BCUT2D eigenvalue weighted by molar-refractivity contribution is 6.36. The molecule has 216 valence electrons. The summed E-state index contributed by atoms with van der Waals surface area (Å²) in [5.74, 6) is -2.40. The second-order valence-electron chi connectivity index (χ2n) is 11.3. The molecule has 0 aliphatic heterocycles. The van der Waals surface area contributed by atoms with Gasteiger partial charge in [0, 0.05) is 29.3 Å². The minimum Gasteiger partial charge on any atom is -0.481 e. The summed E-state index contributed by atoms with van der Waals surface area (Å²) in [6, 6.07) is 2.75. The van der Waals surface area contributed by atoms with Crippen LogP contribution in [0, 0.1) is 18.3 Å². The third kappa shape index (κ3) is 7.46. The van der Waals surface area contributed by atoms with Gasteiger partial charge in [0.15, 0.2) is 5.69 Å². The van der Waals surface area contributed by atoms with E-state index in [1.807, 2.05) is 27.7 Å². The van der Waals surface area contributed by atoms with E-state index >= 15 is 0 Å². The number of halogens is 5. The number of aliphatic carboxylic acids is 1. The lowest BCUT2D eigenvalue weighted by molar-refractivity contribution is -0.147. The zero-order valence-corrected chi connectivity index (χ0v) is 24.1. The van der Waals surface area contributed by atoms with E-state index in [-0.39, 0.29) is 38.8 Å². The summed E-state index contributed by atoms with van der Waals surface area (Å²) in [6.45, 7) is 7.46. The Bertz CT molecular complexity index is 1180. The molecule has 1 amide bonds. The SMILES string of the molecule is CO[C@@H](CN(CC(C)(C)C)C(=O)c1cnn([C@H]2CC[C@H](C(=O)O)CC2)c1C(F)(F)F)c1c(Cl)cc(C)cc1Cl. The lowest BCUT2D eigenvalue weighted by Crippen LogP contribution is -2.41. The lowest BCUT2D eigenvalue weighted by Gasteiger charge is -2.33. The molecule has 1 aromatic heterocycles. The molecule has 1 N–H and O–H groups in total. The molecule has 1 aromatic carbocycles. The van der Waals surface area contributed by atoms with Gasteiger partial charge < -0.3 is 14.7 Å². The number of benzene rings is 1. The van der Waals surface area contributed by atoms with E-state index in [1.165, 1.54) is 12.0 Å². The number of carboxylic acids is 1. The molecule has 0 unspecified atom stereocenters. The van der Waals surface area contributed by atoms with E-state index in [1.54, 1.807) is 12.1 Å². The van der Waals surface area contributed by atoms with Crippen molar-refractivity contribution in [3.63, 3.8) is 0 Å². The number of nitrogens with zero attached hydrogens (tertiary/aromatic N) is 3. The summed E-state index contributed by atoms with van der Waals surface area (Å²) < 4.78 is 49.7. The second kappa shape index (κ2) is 12.1. The largest absolute Gasteiger partial charge is 0.481 e. The second-order valence-corrected chi connectivity index (χ2v) is 12.1. The van der Waals surface area contributed by atoms with Crippen molar-refractivity contribution in [2.45, 2.75) is 71.7 Å². The molecule has 0 bridgehead atoms. The number of carbonyl (C=O) groups is 2. The van der Waals surface area contributed by atoms with Gasteiger partial charge in [-0.25, -0.2) is 0 Å². The number of carboxylic acid groups (broad SMARTS) is 1. The molecule has 1 atom stereocenters. The number of methoxy groups -OCH3 is 1. The first kappa shape index (κ1) is 31.2. The fourth-order valence-electron chi connectivity index (χ4n) is 5.11. The van der Waals surface area contributed by atoms with E-state index in [0.717, 1.165) is 16.4 Å². The molecule has 1 aliphatic carbocycles. The van der Waals surface area contributed by atoms with E-state index in [2.05, 4.69) is 5.10 Å². The van der Waals surface area contributed by atoms with Crippen LogP contribution in [-0.2, 0) is 15.7 Å². The van der Waals surface area contributed by atoms with Gasteiger partial charge in [-0.2, -0.15) is 18.3 Å². The highest BCUT2D eigenvalue weighted by Gasteiger charge is 2.43. The van der Waals surface area contributed by atoms with Crippen LogP contribution in [0.15, 0.2) is 18.3 Å². The third-order valence-corrected chi connectivity index (χ3v) is 7.48. The van der Waals surface area contributed by atoms with Crippen LogP contribution < -0.4 is 0 Å².